The number of aryl methyl sites for hydroxylation is 2. The fourth-order valence-electron chi connectivity index (χ4n) is 3.88. The Balaban J connectivity index is 1.80. The molecule has 0 saturated heterocycles. The summed E-state index contributed by atoms with van der Waals surface area (Å²) >= 11 is 0. The molecule has 5 rings (SSSR count). The van der Waals surface area contributed by atoms with E-state index in [0.717, 1.165) is 33.8 Å². The third kappa shape index (κ3) is 3.38. The molecule has 31 heavy (non-hydrogen) atoms. The molecule has 0 radical (unpaired) electrons. The lowest BCUT2D eigenvalue weighted by atomic mass is 9.86. The third-order valence-corrected chi connectivity index (χ3v) is 5.93. The van der Waals surface area contributed by atoms with E-state index in [4.69, 9.17) is 15.0 Å². The zero-order valence-corrected chi connectivity index (χ0v) is 18.6. The zero-order valence-electron chi connectivity index (χ0n) is 18.6. The van der Waals surface area contributed by atoms with Gasteiger partial charge in [-0.3, -0.25) is 4.57 Å². The lowest BCUT2D eigenvalue weighted by molar-refractivity contribution is 0.590. The predicted octanol–water partition coefficient (Wildman–Crippen LogP) is 6.55. The smallest absolute Gasteiger partial charge is 0.199 e. The van der Waals surface area contributed by atoms with Gasteiger partial charge >= 0.3 is 0 Å². The Morgan fingerprint density at radius 1 is 0.710 bits per heavy atom. The second-order valence-electron chi connectivity index (χ2n) is 9.23. The van der Waals surface area contributed by atoms with Gasteiger partial charge in [-0.25, -0.2) is 15.0 Å². The van der Waals surface area contributed by atoms with E-state index >= 15 is 0 Å². The SMILES string of the molecule is Cc1ccc(-n2c(-c3ccc(C(C)(C)C)cc3)nc3nc4ccccc4nc32)cc1C. The van der Waals surface area contributed by atoms with E-state index in [2.05, 4.69) is 81.7 Å². The van der Waals surface area contributed by atoms with Crippen LogP contribution in [-0.2, 0) is 5.41 Å². The van der Waals surface area contributed by atoms with Gasteiger partial charge in [-0.1, -0.05) is 63.2 Å². The summed E-state index contributed by atoms with van der Waals surface area (Å²) in [6.45, 7) is 10.9. The molecule has 2 aromatic heterocycles. The fraction of sp³-hybridized carbons (Fsp3) is 0.222. The van der Waals surface area contributed by atoms with Crippen LogP contribution in [0.15, 0.2) is 66.7 Å². The lowest BCUT2D eigenvalue weighted by Crippen LogP contribution is -2.10. The van der Waals surface area contributed by atoms with Gasteiger partial charge < -0.3 is 0 Å². The average Bonchev–Trinajstić information content (AvgIpc) is 3.12. The van der Waals surface area contributed by atoms with Crippen molar-refractivity contribution in [3.63, 3.8) is 0 Å². The Kier molecular flexibility index (Phi) is 4.40. The number of para-hydroxylation sites is 2. The number of nitrogens with zero attached hydrogens (tertiary/aromatic N) is 4. The van der Waals surface area contributed by atoms with Crippen LogP contribution in [0, 0.1) is 13.8 Å². The Hall–Kier alpha value is -3.53. The molecule has 0 aliphatic rings. The van der Waals surface area contributed by atoms with Gasteiger partial charge in [-0.15, -0.1) is 0 Å². The van der Waals surface area contributed by atoms with E-state index in [9.17, 15) is 0 Å². The van der Waals surface area contributed by atoms with Crippen molar-refractivity contribution in [1.82, 2.24) is 19.5 Å². The van der Waals surface area contributed by atoms with E-state index < -0.39 is 0 Å². The minimum absolute atomic E-state index is 0.105. The van der Waals surface area contributed by atoms with E-state index in [1.807, 2.05) is 24.3 Å². The van der Waals surface area contributed by atoms with Crippen LogP contribution < -0.4 is 0 Å². The van der Waals surface area contributed by atoms with Crippen LogP contribution in [-0.4, -0.2) is 19.5 Å². The molecule has 0 N–H and O–H groups in total. The Morgan fingerprint density at radius 3 is 2.03 bits per heavy atom. The number of hydrogen-bond acceptors (Lipinski definition) is 3. The summed E-state index contributed by atoms with van der Waals surface area (Å²) in [5, 5.41) is 0. The summed E-state index contributed by atoms with van der Waals surface area (Å²) in [7, 11) is 0. The Bertz CT molecular complexity index is 1420. The highest BCUT2D eigenvalue weighted by molar-refractivity contribution is 5.86. The number of imidazole rings is 1. The molecule has 4 nitrogen and oxygen atoms in total. The molecule has 154 valence electrons. The van der Waals surface area contributed by atoms with Gasteiger partial charge in [0.2, 0.25) is 0 Å². The number of hydrogen-bond donors (Lipinski definition) is 0. The molecular weight excluding hydrogens is 380 g/mol. The maximum absolute atomic E-state index is 4.95. The molecule has 0 spiro atoms. The van der Waals surface area contributed by atoms with Gasteiger partial charge in [-0.05, 0) is 60.2 Å². The predicted molar refractivity (Wildman–Crippen MR) is 128 cm³/mol. The van der Waals surface area contributed by atoms with Crippen molar-refractivity contribution in [2.24, 2.45) is 0 Å². The molecule has 0 atom stereocenters. The maximum atomic E-state index is 4.95. The molecule has 0 bridgehead atoms. The van der Waals surface area contributed by atoms with Crippen molar-refractivity contribution in [3.8, 4) is 17.1 Å². The van der Waals surface area contributed by atoms with Crippen LogP contribution in [0.25, 0.3) is 39.4 Å². The van der Waals surface area contributed by atoms with Gasteiger partial charge in [-0.2, -0.15) is 0 Å². The number of fused-ring (bicyclic) bond motifs is 2. The van der Waals surface area contributed by atoms with Crippen LogP contribution in [0.3, 0.4) is 0 Å². The summed E-state index contributed by atoms with van der Waals surface area (Å²) in [5.74, 6) is 0.856. The van der Waals surface area contributed by atoms with Gasteiger partial charge in [0.15, 0.2) is 11.3 Å². The summed E-state index contributed by atoms with van der Waals surface area (Å²) in [6.07, 6.45) is 0. The highest BCUT2D eigenvalue weighted by atomic mass is 15.2. The molecule has 4 heteroatoms. The Morgan fingerprint density at radius 2 is 1.39 bits per heavy atom. The van der Waals surface area contributed by atoms with Crippen molar-refractivity contribution >= 4 is 22.3 Å². The molecule has 0 unspecified atom stereocenters. The van der Waals surface area contributed by atoms with E-state index in [1.54, 1.807) is 0 Å². The first-order valence-corrected chi connectivity index (χ1v) is 10.6. The van der Waals surface area contributed by atoms with Crippen molar-refractivity contribution in [2.45, 2.75) is 40.0 Å². The van der Waals surface area contributed by atoms with Crippen molar-refractivity contribution in [3.05, 3.63) is 83.4 Å². The first-order valence-electron chi connectivity index (χ1n) is 10.6. The van der Waals surface area contributed by atoms with Gasteiger partial charge in [0.1, 0.15) is 5.82 Å². The third-order valence-electron chi connectivity index (χ3n) is 5.93. The molecule has 2 heterocycles. The summed E-state index contributed by atoms with van der Waals surface area (Å²) in [5.41, 5.74) is 9.16. The maximum Gasteiger partial charge on any atom is 0.199 e. The second kappa shape index (κ2) is 7.02. The largest absolute Gasteiger partial charge is 0.275 e. The van der Waals surface area contributed by atoms with E-state index in [0.29, 0.717) is 5.65 Å². The molecular formula is C27H26N4. The quantitative estimate of drug-likeness (QED) is 0.334. The summed E-state index contributed by atoms with van der Waals surface area (Å²) < 4.78 is 2.13. The average molecular weight is 407 g/mol. The number of benzene rings is 3. The summed E-state index contributed by atoms with van der Waals surface area (Å²) in [4.78, 5) is 14.7. The van der Waals surface area contributed by atoms with Crippen molar-refractivity contribution < 1.29 is 0 Å². The minimum Gasteiger partial charge on any atom is -0.275 e. The molecule has 5 aromatic rings. The van der Waals surface area contributed by atoms with Crippen LogP contribution in [0.2, 0.25) is 0 Å². The van der Waals surface area contributed by atoms with Crippen LogP contribution in [0.1, 0.15) is 37.5 Å². The van der Waals surface area contributed by atoms with Crippen LogP contribution in [0.5, 0.6) is 0 Å². The van der Waals surface area contributed by atoms with Crippen LogP contribution >= 0.6 is 0 Å². The van der Waals surface area contributed by atoms with Crippen LogP contribution in [0.4, 0.5) is 0 Å². The number of rotatable bonds is 2. The highest BCUT2D eigenvalue weighted by Crippen LogP contribution is 2.31. The summed E-state index contributed by atoms with van der Waals surface area (Å²) in [6, 6.07) is 23.1. The van der Waals surface area contributed by atoms with Gasteiger partial charge in [0, 0.05) is 11.3 Å². The fourth-order valence-corrected chi connectivity index (χ4v) is 3.88. The first kappa shape index (κ1) is 19.4. The van der Waals surface area contributed by atoms with Gasteiger partial charge in [0.05, 0.1) is 11.0 Å². The topological polar surface area (TPSA) is 43.6 Å². The molecule has 0 aliphatic carbocycles. The molecule has 0 aliphatic heterocycles. The standard InChI is InChI=1S/C27H26N4/c1-17-10-15-21(16-18(17)2)31-25(19-11-13-20(14-12-19)27(3,4)5)30-24-26(31)29-23-9-7-6-8-22(23)28-24/h6-16H,1-5H3. The van der Waals surface area contributed by atoms with E-state index in [1.165, 1.54) is 16.7 Å². The molecule has 0 saturated carbocycles. The monoisotopic (exact) mass is 406 g/mol. The lowest BCUT2D eigenvalue weighted by Gasteiger charge is -2.19. The van der Waals surface area contributed by atoms with E-state index in [-0.39, 0.29) is 5.41 Å². The van der Waals surface area contributed by atoms with Crippen molar-refractivity contribution in [2.75, 3.05) is 0 Å². The second-order valence-corrected chi connectivity index (χ2v) is 9.23. The Labute approximate surface area is 182 Å². The zero-order chi connectivity index (χ0) is 21.8. The molecule has 0 fully saturated rings. The van der Waals surface area contributed by atoms with Crippen molar-refractivity contribution in [1.29, 1.82) is 0 Å². The molecule has 0 amide bonds. The molecule has 3 aromatic carbocycles. The van der Waals surface area contributed by atoms with Gasteiger partial charge in [0.25, 0.3) is 0 Å². The highest BCUT2D eigenvalue weighted by Gasteiger charge is 2.19. The minimum atomic E-state index is 0.105. The normalized spacial score (nSPS) is 12.0. The first-order chi connectivity index (χ1) is 14.8. The number of aromatic nitrogens is 4.